The average Bonchev–Trinajstić information content (AvgIpc) is 2.51. The molecule has 0 bridgehead atoms. The van der Waals surface area contributed by atoms with E-state index in [0.29, 0.717) is 17.7 Å². The minimum atomic E-state index is -0.416. The number of pyridine rings is 1. The van der Waals surface area contributed by atoms with Gasteiger partial charge in [-0.05, 0) is 12.1 Å². The van der Waals surface area contributed by atoms with Crippen molar-refractivity contribution < 1.29 is 9.59 Å². The SMILES string of the molecule is C=CCNC(=O)NCC(=O)Nc1cccc2cccnc12. The van der Waals surface area contributed by atoms with Gasteiger partial charge >= 0.3 is 6.03 Å². The Kier molecular flexibility index (Phi) is 4.87. The second-order valence-corrected chi connectivity index (χ2v) is 4.28. The fraction of sp³-hybridized carbons (Fsp3) is 0.133. The molecule has 0 fully saturated rings. The lowest BCUT2D eigenvalue weighted by molar-refractivity contribution is -0.115. The highest BCUT2D eigenvalue weighted by Gasteiger charge is 2.07. The zero-order chi connectivity index (χ0) is 15.1. The number of benzene rings is 1. The zero-order valence-electron chi connectivity index (χ0n) is 11.4. The van der Waals surface area contributed by atoms with Gasteiger partial charge in [0.2, 0.25) is 5.91 Å². The number of hydrogen-bond acceptors (Lipinski definition) is 3. The summed E-state index contributed by atoms with van der Waals surface area (Å²) in [6.45, 7) is 3.71. The average molecular weight is 284 g/mol. The molecule has 2 aromatic rings. The number of aromatic nitrogens is 1. The molecular formula is C15H16N4O2. The highest BCUT2D eigenvalue weighted by atomic mass is 16.2. The minimum absolute atomic E-state index is 0.119. The molecule has 0 aliphatic rings. The van der Waals surface area contributed by atoms with Crippen LogP contribution >= 0.6 is 0 Å². The van der Waals surface area contributed by atoms with Gasteiger partial charge < -0.3 is 16.0 Å². The summed E-state index contributed by atoms with van der Waals surface area (Å²) in [5.41, 5.74) is 1.33. The number of para-hydroxylation sites is 1. The number of carbonyl (C=O) groups is 2. The van der Waals surface area contributed by atoms with Gasteiger partial charge in [-0.25, -0.2) is 4.79 Å². The van der Waals surface area contributed by atoms with Crippen LogP contribution in [0.4, 0.5) is 10.5 Å². The maximum atomic E-state index is 11.8. The van der Waals surface area contributed by atoms with Gasteiger partial charge in [0, 0.05) is 18.1 Å². The van der Waals surface area contributed by atoms with E-state index in [4.69, 9.17) is 0 Å². The Balaban J connectivity index is 1.95. The first-order valence-electron chi connectivity index (χ1n) is 6.47. The van der Waals surface area contributed by atoms with Gasteiger partial charge in [-0.15, -0.1) is 6.58 Å². The smallest absolute Gasteiger partial charge is 0.315 e. The van der Waals surface area contributed by atoms with E-state index in [1.54, 1.807) is 18.3 Å². The van der Waals surface area contributed by atoms with Crippen LogP contribution in [0.1, 0.15) is 0 Å². The molecule has 3 amide bonds. The Morgan fingerprint density at radius 2 is 2.00 bits per heavy atom. The van der Waals surface area contributed by atoms with E-state index in [-0.39, 0.29) is 12.5 Å². The van der Waals surface area contributed by atoms with Gasteiger partial charge in [-0.1, -0.05) is 24.3 Å². The van der Waals surface area contributed by atoms with E-state index in [9.17, 15) is 9.59 Å². The van der Waals surface area contributed by atoms with Crippen LogP contribution in [0, 0.1) is 0 Å². The predicted molar refractivity (Wildman–Crippen MR) is 82.0 cm³/mol. The van der Waals surface area contributed by atoms with E-state index in [1.165, 1.54) is 0 Å². The molecule has 0 saturated heterocycles. The van der Waals surface area contributed by atoms with Crippen LogP contribution in [0.15, 0.2) is 49.2 Å². The fourth-order valence-electron chi connectivity index (χ4n) is 1.79. The molecule has 0 atom stereocenters. The van der Waals surface area contributed by atoms with Crippen LogP contribution in [0.5, 0.6) is 0 Å². The van der Waals surface area contributed by atoms with Crippen molar-refractivity contribution in [3.05, 3.63) is 49.2 Å². The van der Waals surface area contributed by atoms with Crippen molar-refractivity contribution in [1.29, 1.82) is 0 Å². The third kappa shape index (κ3) is 4.04. The summed E-state index contributed by atoms with van der Waals surface area (Å²) < 4.78 is 0. The van der Waals surface area contributed by atoms with Gasteiger partial charge in [0.05, 0.1) is 17.7 Å². The first-order chi connectivity index (χ1) is 10.2. The number of nitrogens with zero attached hydrogens (tertiary/aromatic N) is 1. The van der Waals surface area contributed by atoms with Crippen molar-refractivity contribution in [2.45, 2.75) is 0 Å². The number of anilines is 1. The summed E-state index contributed by atoms with van der Waals surface area (Å²) in [5, 5.41) is 8.65. The summed E-state index contributed by atoms with van der Waals surface area (Å²) in [4.78, 5) is 27.4. The van der Waals surface area contributed by atoms with E-state index < -0.39 is 6.03 Å². The lowest BCUT2D eigenvalue weighted by Crippen LogP contribution is -2.40. The minimum Gasteiger partial charge on any atom is -0.335 e. The fourth-order valence-corrected chi connectivity index (χ4v) is 1.79. The molecule has 0 radical (unpaired) electrons. The van der Waals surface area contributed by atoms with Crippen molar-refractivity contribution in [3.63, 3.8) is 0 Å². The van der Waals surface area contributed by atoms with Crippen LogP contribution < -0.4 is 16.0 Å². The second-order valence-electron chi connectivity index (χ2n) is 4.28. The molecule has 108 valence electrons. The van der Waals surface area contributed by atoms with Crippen LogP contribution in [-0.4, -0.2) is 30.0 Å². The lowest BCUT2D eigenvalue weighted by Gasteiger charge is -2.09. The van der Waals surface area contributed by atoms with Crippen LogP contribution in [-0.2, 0) is 4.79 Å². The van der Waals surface area contributed by atoms with Crippen molar-refractivity contribution >= 4 is 28.5 Å². The van der Waals surface area contributed by atoms with Crippen LogP contribution in [0.2, 0.25) is 0 Å². The Hall–Kier alpha value is -2.89. The summed E-state index contributed by atoms with van der Waals surface area (Å²) in [5.74, 6) is -0.318. The zero-order valence-corrected chi connectivity index (χ0v) is 11.4. The number of rotatable bonds is 5. The van der Waals surface area contributed by atoms with Gasteiger partial charge in [0.15, 0.2) is 0 Å². The number of carbonyl (C=O) groups excluding carboxylic acids is 2. The van der Waals surface area contributed by atoms with Crippen molar-refractivity contribution in [3.8, 4) is 0 Å². The van der Waals surface area contributed by atoms with Gasteiger partial charge in [-0.3, -0.25) is 9.78 Å². The molecule has 1 heterocycles. The molecule has 1 aromatic heterocycles. The van der Waals surface area contributed by atoms with Crippen molar-refractivity contribution in [2.75, 3.05) is 18.4 Å². The first kappa shape index (κ1) is 14.5. The normalized spacial score (nSPS) is 9.90. The molecule has 1 aromatic carbocycles. The Morgan fingerprint density at radius 1 is 1.19 bits per heavy atom. The quantitative estimate of drug-likeness (QED) is 0.730. The van der Waals surface area contributed by atoms with Crippen LogP contribution in [0.25, 0.3) is 10.9 Å². The largest absolute Gasteiger partial charge is 0.335 e. The molecule has 0 saturated carbocycles. The molecule has 6 nitrogen and oxygen atoms in total. The van der Waals surface area contributed by atoms with E-state index in [2.05, 4.69) is 27.5 Å². The topological polar surface area (TPSA) is 83.1 Å². The molecular weight excluding hydrogens is 268 g/mol. The number of amides is 3. The highest BCUT2D eigenvalue weighted by molar-refractivity contribution is 6.01. The Morgan fingerprint density at radius 3 is 2.81 bits per heavy atom. The summed E-state index contributed by atoms with van der Waals surface area (Å²) >= 11 is 0. The first-order valence-corrected chi connectivity index (χ1v) is 6.47. The molecule has 21 heavy (non-hydrogen) atoms. The maximum absolute atomic E-state index is 11.8. The number of nitrogens with one attached hydrogen (secondary N) is 3. The third-order valence-corrected chi connectivity index (χ3v) is 2.72. The Labute approximate surface area is 122 Å². The van der Waals surface area contributed by atoms with Gasteiger partial charge in [0.1, 0.15) is 0 Å². The molecule has 0 unspecified atom stereocenters. The standard InChI is InChI=1S/C15H16N4O2/c1-2-8-17-15(21)18-10-13(20)19-12-7-3-5-11-6-4-9-16-14(11)12/h2-7,9H,1,8,10H2,(H,19,20)(H2,17,18,21). The second kappa shape index (κ2) is 7.04. The third-order valence-electron chi connectivity index (χ3n) is 2.72. The Bertz CT molecular complexity index is 664. The maximum Gasteiger partial charge on any atom is 0.315 e. The molecule has 6 heteroatoms. The monoisotopic (exact) mass is 284 g/mol. The summed E-state index contributed by atoms with van der Waals surface area (Å²) in [6, 6.07) is 8.85. The summed E-state index contributed by atoms with van der Waals surface area (Å²) in [7, 11) is 0. The molecule has 0 aliphatic heterocycles. The molecule has 0 aliphatic carbocycles. The van der Waals surface area contributed by atoms with Crippen LogP contribution in [0.3, 0.4) is 0 Å². The van der Waals surface area contributed by atoms with Crippen molar-refractivity contribution in [2.24, 2.45) is 0 Å². The number of fused-ring (bicyclic) bond motifs is 1. The number of urea groups is 1. The van der Waals surface area contributed by atoms with Gasteiger partial charge in [0.25, 0.3) is 0 Å². The van der Waals surface area contributed by atoms with Gasteiger partial charge in [-0.2, -0.15) is 0 Å². The molecule has 3 N–H and O–H groups in total. The lowest BCUT2D eigenvalue weighted by atomic mass is 10.2. The van der Waals surface area contributed by atoms with E-state index in [1.807, 2.05) is 24.3 Å². The highest BCUT2D eigenvalue weighted by Crippen LogP contribution is 2.20. The van der Waals surface area contributed by atoms with E-state index in [0.717, 1.165) is 5.39 Å². The predicted octanol–water partition coefficient (Wildman–Crippen LogP) is 1.66. The van der Waals surface area contributed by atoms with Crippen molar-refractivity contribution in [1.82, 2.24) is 15.6 Å². The van der Waals surface area contributed by atoms with E-state index >= 15 is 0 Å². The molecule has 0 spiro atoms. The summed E-state index contributed by atoms with van der Waals surface area (Å²) in [6.07, 6.45) is 3.22. The number of hydrogen-bond donors (Lipinski definition) is 3. The molecule has 2 rings (SSSR count).